The summed E-state index contributed by atoms with van der Waals surface area (Å²) in [6.45, 7) is 5.32. The van der Waals surface area contributed by atoms with Gasteiger partial charge in [0.15, 0.2) is 5.12 Å². The average molecular weight is 347 g/mol. The number of aryl methyl sites for hydroxylation is 2. The molecule has 2 atom stereocenters. The van der Waals surface area contributed by atoms with Crippen molar-refractivity contribution in [2.45, 2.75) is 39.4 Å². The van der Waals surface area contributed by atoms with Crippen molar-refractivity contribution in [3.63, 3.8) is 0 Å². The van der Waals surface area contributed by atoms with Crippen LogP contribution in [0.25, 0.3) is 0 Å². The quantitative estimate of drug-likeness (QED) is 0.859. The highest BCUT2D eigenvalue weighted by atomic mass is 79.9. The van der Waals surface area contributed by atoms with E-state index in [4.69, 9.17) is 0 Å². The van der Waals surface area contributed by atoms with Gasteiger partial charge in [0.05, 0.1) is 6.10 Å². The Balaban J connectivity index is 2.76. The van der Waals surface area contributed by atoms with Crippen molar-refractivity contribution in [1.82, 2.24) is 0 Å². The summed E-state index contributed by atoms with van der Waals surface area (Å²) in [5, 5.41) is 20.3. The molecule has 1 aromatic carbocycles. The van der Waals surface area contributed by atoms with Crippen molar-refractivity contribution in [2.24, 2.45) is 0 Å². The molecule has 0 aliphatic carbocycles. The molecule has 1 rings (SSSR count). The molecule has 106 valence electrons. The number of aliphatic hydroxyl groups is 2. The van der Waals surface area contributed by atoms with Gasteiger partial charge in [0.1, 0.15) is 6.10 Å². The standard InChI is InChI=1S/C14H19BrO3S/c1-8-6-11(15)7-9(2)13(8)14(18)12(17)4-5-19-10(3)16/h6-7,12,14,17-18H,4-5H2,1-3H3. The second kappa shape index (κ2) is 7.43. The molecule has 0 radical (unpaired) electrons. The third-order valence-corrected chi connectivity index (χ3v) is 4.24. The van der Waals surface area contributed by atoms with E-state index in [1.165, 1.54) is 18.7 Å². The van der Waals surface area contributed by atoms with Crippen molar-refractivity contribution >= 4 is 32.8 Å². The lowest BCUT2D eigenvalue weighted by molar-refractivity contribution is -0.109. The molecule has 0 saturated carbocycles. The van der Waals surface area contributed by atoms with Crippen LogP contribution in [-0.2, 0) is 4.79 Å². The summed E-state index contributed by atoms with van der Waals surface area (Å²) in [6.07, 6.45) is -1.38. The zero-order chi connectivity index (χ0) is 14.6. The first-order valence-electron chi connectivity index (χ1n) is 6.09. The van der Waals surface area contributed by atoms with Gasteiger partial charge in [-0.05, 0) is 49.1 Å². The van der Waals surface area contributed by atoms with E-state index in [2.05, 4.69) is 15.9 Å². The minimum atomic E-state index is -0.916. The first kappa shape index (κ1) is 16.7. The minimum Gasteiger partial charge on any atom is -0.390 e. The van der Waals surface area contributed by atoms with E-state index in [0.29, 0.717) is 12.2 Å². The van der Waals surface area contributed by atoms with Gasteiger partial charge in [-0.3, -0.25) is 4.79 Å². The predicted molar refractivity (Wildman–Crippen MR) is 82.3 cm³/mol. The Hall–Kier alpha value is -0.360. The molecule has 1 aromatic rings. The third kappa shape index (κ3) is 4.91. The summed E-state index contributed by atoms with van der Waals surface area (Å²) in [5.41, 5.74) is 2.65. The highest BCUT2D eigenvalue weighted by Crippen LogP contribution is 2.29. The first-order chi connectivity index (χ1) is 8.82. The van der Waals surface area contributed by atoms with E-state index >= 15 is 0 Å². The number of aliphatic hydroxyl groups excluding tert-OH is 2. The van der Waals surface area contributed by atoms with Crippen LogP contribution in [0.2, 0.25) is 0 Å². The van der Waals surface area contributed by atoms with E-state index < -0.39 is 12.2 Å². The molecule has 0 saturated heterocycles. The maximum absolute atomic E-state index is 10.8. The van der Waals surface area contributed by atoms with Crippen molar-refractivity contribution < 1.29 is 15.0 Å². The van der Waals surface area contributed by atoms with Crippen LogP contribution in [0.15, 0.2) is 16.6 Å². The normalized spacial score (nSPS) is 14.2. The fraction of sp³-hybridized carbons (Fsp3) is 0.500. The van der Waals surface area contributed by atoms with Gasteiger partial charge in [0, 0.05) is 17.1 Å². The highest BCUT2D eigenvalue weighted by Gasteiger charge is 2.22. The zero-order valence-corrected chi connectivity index (χ0v) is 13.7. The van der Waals surface area contributed by atoms with E-state index in [0.717, 1.165) is 21.2 Å². The predicted octanol–water partition coefficient (Wildman–Crippen LogP) is 3.13. The average Bonchev–Trinajstić information content (AvgIpc) is 2.26. The molecule has 2 unspecified atom stereocenters. The van der Waals surface area contributed by atoms with Gasteiger partial charge < -0.3 is 10.2 Å². The van der Waals surface area contributed by atoms with Gasteiger partial charge >= 0.3 is 0 Å². The lowest BCUT2D eigenvalue weighted by atomic mass is 9.94. The molecule has 0 amide bonds. The maximum atomic E-state index is 10.8. The van der Waals surface area contributed by atoms with Gasteiger partial charge in [-0.25, -0.2) is 0 Å². The Bertz CT molecular complexity index is 439. The van der Waals surface area contributed by atoms with Crippen LogP contribution in [0.3, 0.4) is 0 Å². The van der Waals surface area contributed by atoms with Crippen molar-refractivity contribution in [1.29, 1.82) is 0 Å². The van der Waals surface area contributed by atoms with Crippen molar-refractivity contribution in [3.8, 4) is 0 Å². The lowest BCUT2D eigenvalue weighted by Crippen LogP contribution is -2.21. The number of carbonyl (C=O) groups is 1. The van der Waals surface area contributed by atoms with Gasteiger partial charge in [-0.15, -0.1) is 0 Å². The molecule has 0 heterocycles. The fourth-order valence-corrected chi connectivity index (χ4v) is 3.40. The molecule has 0 aliphatic heterocycles. The number of rotatable bonds is 5. The van der Waals surface area contributed by atoms with Crippen LogP contribution in [0, 0.1) is 13.8 Å². The molecule has 0 aliphatic rings. The number of hydrogen-bond donors (Lipinski definition) is 2. The number of halogens is 1. The summed E-state index contributed by atoms with van der Waals surface area (Å²) in [5.74, 6) is 0.516. The number of carbonyl (C=O) groups excluding carboxylic acids is 1. The van der Waals surface area contributed by atoms with Gasteiger partial charge in [0.2, 0.25) is 0 Å². The van der Waals surface area contributed by atoms with E-state index in [1.54, 1.807) is 0 Å². The third-order valence-electron chi connectivity index (χ3n) is 2.94. The SMILES string of the molecule is CC(=O)SCCC(O)C(O)c1c(C)cc(Br)cc1C. The van der Waals surface area contributed by atoms with Crippen LogP contribution >= 0.6 is 27.7 Å². The van der Waals surface area contributed by atoms with E-state index in [1.807, 2.05) is 26.0 Å². The Morgan fingerprint density at radius 1 is 1.32 bits per heavy atom. The summed E-state index contributed by atoms with van der Waals surface area (Å²) in [6, 6.07) is 3.84. The number of thioether (sulfide) groups is 1. The van der Waals surface area contributed by atoms with Gasteiger partial charge in [0.25, 0.3) is 0 Å². The van der Waals surface area contributed by atoms with Crippen LogP contribution in [-0.4, -0.2) is 27.2 Å². The summed E-state index contributed by atoms with van der Waals surface area (Å²) in [7, 11) is 0. The second-order valence-corrected chi connectivity index (χ2v) is 6.78. The van der Waals surface area contributed by atoms with Crippen LogP contribution in [0.5, 0.6) is 0 Å². The van der Waals surface area contributed by atoms with Gasteiger partial charge in [-0.1, -0.05) is 27.7 Å². The van der Waals surface area contributed by atoms with Gasteiger partial charge in [-0.2, -0.15) is 0 Å². The van der Waals surface area contributed by atoms with Crippen LogP contribution in [0.1, 0.15) is 36.1 Å². The Morgan fingerprint density at radius 3 is 2.32 bits per heavy atom. The number of hydrogen-bond acceptors (Lipinski definition) is 4. The Morgan fingerprint density at radius 2 is 1.84 bits per heavy atom. The molecule has 19 heavy (non-hydrogen) atoms. The molecule has 0 aromatic heterocycles. The second-order valence-electron chi connectivity index (χ2n) is 4.59. The first-order valence-corrected chi connectivity index (χ1v) is 7.87. The Labute approximate surface area is 126 Å². The maximum Gasteiger partial charge on any atom is 0.185 e. The lowest BCUT2D eigenvalue weighted by Gasteiger charge is -2.22. The van der Waals surface area contributed by atoms with E-state index in [9.17, 15) is 15.0 Å². The molecule has 2 N–H and O–H groups in total. The summed E-state index contributed by atoms with van der Waals surface area (Å²) >= 11 is 4.57. The van der Waals surface area contributed by atoms with Crippen molar-refractivity contribution in [3.05, 3.63) is 33.3 Å². The van der Waals surface area contributed by atoms with Crippen molar-refractivity contribution in [2.75, 3.05) is 5.75 Å². The van der Waals surface area contributed by atoms with E-state index in [-0.39, 0.29) is 5.12 Å². The fourth-order valence-electron chi connectivity index (χ4n) is 2.06. The monoisotopic (exact) mass is 346 g/mol. The molecule has 0 bridgehead atoms. The molecule has 0 fully saturated rings. The minimum absolute atomic E-state index is 0.0256. The largest absolute Gasteiger partial charge is 0.390 e. The number of benzene rings is 1. The molecular formula is C14H19BrO3S. The van der Waals surface area contributed by atoms with Crippen LogP contribution < -0.4 is 0 Å². The highest BCUT2D eigenvalue weighted by molar-refractivity contribution is 9.10. The zero-order valence-electron chi connectivity index (χ0n) is 11.3. The molecule has 5 heteroatoms. The summed E-state index contributed by atoms with van der Waals surface area (Å²) < 4.78 is 0.958. The van der Waals surface area contributed by atoms with Crippen LogP contribution in [0.4, 0.5) is 0 Å². The summed E-state index contributed by atoms with van der Waals surface area (Å²) in [4.78, 5) is 10.8. The molecule has 3 nitrogen and oxygen atoms in total. The topological polar surface area (TPSA) is 57.5 Å². The molecular weight excluding hydrogens is 328 g/mol. The smallest absolute Gasteiger partial charge is 0.185 e. The molecule has 0 spiro atoms. The Kier molecular flexibility index (Phi) is 6.53.